The van der Waals surface area contributed by atoms with Crippen LogP contribution >= 0.6 is 7.37 Å². The van der Waals surface area contributed by atoms with Gasteiger partial charge in [0.2, 0.25) is 11.8 Å². The van der Waals surface area contributed by atoms with Crippen LogP contribution in [-0.2, 0) is 14.2 Å². The van der Waals surface area contributed by atoms with Crippen molar-refractivity contribution in [3.8, 4) is 0 Å². The Morgan fingerprint density at radius 1 is 1.05 bits per heavy atom. The van der Waals surface area contributed by atoms with Gasteiger partial charge in [0.05, 0.1) is 0 Å². The van der Waals surface area contributed by atoms with Crippen LogP contribution in [0.4, 0.5) is 0 Å². The standard InChI is InChI=1S/C12H21N2O4P.Na/c15-11-4-5-12(16)14(11)8-9-19(17,18)10-13-6-2-1-3-7-13;/h1-10H2,(H,17,18);/q;+1/p-1. The summed E-state index contributed by atoms with van der Waals surface area (Å²) in [4.78, 5) is 37.8. The first-order valence-electron chi connectivity index (χ1n) is 6.83. The van der Waals surface area contributed by atoms with Gasteiger partial charge in [0.25, 0.3) is 0 Å². The number of rotatable bonds is 5. The van der Waals surface area contributed by atoms with Gasteiger partial charge in [0, 0.05) is 39.2 Å². The summed E-state index contributed by atoms with van der Waals surface area (Å²) in [6, 6.07) is 0. The third-order valence-electron chi connectivity index (χ3n) is 3.68. The molecule has 20 heavy (non-hydrogen) atoms. The van der Waals surface area contributed by atoms with Crippen LogP contribution in [0.25, 0.3) is 0 Å². The third-order valence-corrected chi connectivity index (χ3v) is 5.40. The molecule has 0 spiro atoms. The van der Waals surface area contributed by atoms with E-state index in [1.807, 2.05) is 4.90 Å². The maximum atomic E-state index is 12.0. The first-order valence-corrected chi connectivity index (χ1v) is 8.82. The Hall–Kier alpha value is 0.290. The third kappa shape index (κ3) is 5.24. The molecule has 2 aliphatic heterocycles. The van der Waals surface area contributed by atoms with Gasteiger partial charge in [-0.3, -0.25) is 19.4 Å². The zero-order valence-electron chi connectivity index (χ0n) is 12.0. The number of hydrogen-bond donors (Lipinski definition) is 0. The molecule has 0 aliphatic carbocycles. The van der Waals surface area contributed by atoms with Crippen molar-refractivity contribution in [3.63, 3.8) is 0 Å². The van der Waals surface area contributed by atoms with Gasteiger partial charge >= 0.3 is 29.6 Å². The molecule has 0 bridgehead atoms. The smallest absolute Gasteiger partial charge is 0.798 e. The number of likely N-dealkylation sites (tertiary alicyclic amines) is 2. The van der Waals surface area contributed by atoms with Crippen molar-refractivity contribution in [2.75, 3.05) is 32.1 Å². The van der Waals surface area contributed by atoms with Gasteiger partial charge in [-0.15, -0.1) is 0 Å². The van der Waals surface area contributed by atoms with Crippen LogP contribution in [0, 0.1) is 0 Å². The van der Waals surface area contributed by atoms with Gasteiger partial charge in [-0.1, -0.05) is 6.42 Å². The minimum atomic E-state index is -3.54. The Morgan fingerprint density at radius 2 is 1.60 bits per heavy atom. The van der Waals surface area contributed by atoms with Crippen molar-refractivity contribution in [1.82, 2.24) is 9.80 Å². The quantitative estimate of drug-likeness (QED) is 0.312. The van der Waals surface area contributed by atoms with Gasteiger partial charge in [-0.25, -0.2) is 0 Å². The van der Waals surface area contributed by atoms with Crippen molar-refractivity contribution in [1.29, 1.82) is 0 Å². The summed E-state index contributed by atoms with van der Waals surface area (Å²) in [5.41, 5.74) is 0. The fourth-order valence-corrected chi connectivity index (χ4v) is 4.14. The van der Waals surface area contributed by atoms with E-state index in [-0.39, 0.29) is 73.2 Å². The molecule has 6 nitrogen and oxygen atoms in total. The van der Waals surface area contributed by atoms with Crippen molar-refractivity contribution in [2.24, 2.45) is 0 Å². The van der Waals surface area contributed by atoms with Crippen molar-refractivity contribution < 1.29 is 48.6 Å². The zero-order valence-corrected chi connectivity index (χ0v) is 14.9. The van der Waals surface area contributed by atoms with E-state index in [2.05, 4.69) is 0 Å². The molecule has 0 N–H and O–H groups in total. The fourth-order valence-electron chi connectivity index (χ4n) is 2.60. The molecule has 0 saturated carbocycles. The van der Waals surface area contributed by atoms with E-state index in [1.165, 1.54) is 0 Å². The molecule has 2 heterocycles. The number of hydrogen-bond acceptors (Lipinski definition) is 5. The molecule has 1 atom stereocenters. The first-order chi connectivity index (χ1) is 8.98. The Kier molecular flexibility index (Phi) is 7.39. The minimum Gasteiger partial charge on any atom is -0.798 e. The average molecular weight is 310 g/mol. The van der Waals surface area contributed by atoms with Gasteiger partial charge in [0.1, 0.15) is 0 Å². The van der Waals surface area contributed by atoms with Gasteiger partial charge in [0.15, 0.2) is 0 Å². The van der Waals surface area contributed by atoms with E-state index in [9.17, 15) is 19.0 Å². The van der Waals surface area contributed by atoms with E-state index in [1.54, 1.807) is 0 Å². The van der Waals surface area contributed by atoms with E-state index in [0.29, 0.717) is 0 Å². The summed E-state index contributed by atoms with van der Waals surface area (Å²) in [6.07, 6.45) is 3.66. The maximum absolute atomic E-state index is 12.0. The number of carbonyl (C=O) groups is 2. The Labute approximate surface area is 141 Å². The zero-order chi connectivity index (χ0) is 13.9. The van der Waals surface area contributed by atoms with Gasteiger partial charge < -0.3 is 9.46 Å². The van der Waals surface area contributed by atoms with Crippen LogP contribution in [0.15, 0.2) is 0 Å². The molecule has 2 amide bonds. The average Bonchev–Trinajstić information content (AvgIpc) is 2.67. The normalized spacial score (nSPS) is 23.6. The number of amides is 2. The molecule has 1 unspecified atom stereocenters. The van der Waals surface area contributed by atoms with Crippen LogP contribution < -0.4 is 34.5 Å². The number of imide groups is 1. The molecule has 0 aromatic carbocycles. The predicted octanol–water partition coefficient (Wildman–Crippen LogP) is -2.78. The first kappa shape index (κ1) is 18.3. The number of nitrogens with zero attached hydrogens (tertiary/aromatic N) is 2. The summed E-state index contributed by atoms with van der Waals surface area (Å²) in [6.45, 7) is 1.67. The summed E-state index contributed by atoms with van der Waals surface area (Å²) >= 11 is 0. The van der Waals surface area contributed by atoms with E-state index in [0.717, 1.165) is 37.3 Å². The molecule has 2 fully saturated rings. The Morgan fingerprint density at radius 3 is 2.15 bits per heavy atom. The van der Waals surface area contributed by atoms with Crippen molar-refractivity contribution in [2.45, 2.75) is 32.1 Å². The summed E-state index contributed by atoms with van der Waals surface area (Å²) in [7, 11) is -3.54. The second-order valence-corrected chi connectivity index (χ2v) is 7.66. The molecular weight excluding hydrogens is 290 g/mol. The van der Waals surface area contributed by atoms with Crippen LogP contribution in [0.2, 0.25) is 0 Å². The monoisotopic (exact) mass is 310 g/mol. The predicted molar refractivity (Wildman–Crippen MR) is 68.7 cm³/mol. The summed E-state index contributed by atoms with van der Waals surface area (Å²) in [5.74, 6) is -0.494. The van der Waals surface area contributed by atoms with Crippen LogP contribution in [0.5, 0.6) is 0 Å². The van der Waals surface area contributed by atoms with Crippen LogP contribution in [-0.4, -0.2) is 53.7 Å². The SMILES string of the molecule is O=C1CCC(=O)N1CCP(=O)([O-])CN1CCCCC1.[Na+]. The maximum Gasteiger partial charge on any atom is 1.00 e. The summed E-state index contributed by atoms with van der Waals surface area (Å²) in [5, 5.41) is 0. The van der Waals surface area contributed by atoms with E-state index >= 15 is 0 Å². The van der Waals surface area contributed by atoms with Crippen molar-refractivity contribution in [3.05, 3.63) is 0 Å². The number of piperidine rings is 1. The molecule has 0 aromatic heterocycles. The number of carbonyl (C=O) groups excluding carboxylic acids is 2. The molecule has 108 valence electrons. The Balaban J connectivity index is 0.00000200. The molecule has 2 rings (SSSR count). The molecule has 0 radical (unpaired) electrons. The van der Waals surface area contributed by atoms with Gasteiger partial charge in [-0.05, 0) is 25.9 Å². The second kappa shape index (κ2) is 8.06. The van der Waals surface area contributed by atoms with Crippen LogP contribution in [0.3, 0.4) is 0 Å². The molecule has 8 heteroatoms. The van der Waals surface area contributed by atoms with Crippen LogP contribution in [0.1, 0.15) is 32.1 Å². The minimum absolute atomic E-state index is 0. The van der Waals surface area contributed by atoms with E-state index in [4.69, 9.17) is 0 Å². The topological polar surface area (TPSA) is 80.8 Å². The van der Waals surface area contributed by atoms with E-state index < -0.39 is 7.37 Å². The second-order valence-electron chi connectivity index (χ2n) is 5.30. The Bertz CT molecular complexity index is 396. The molecule has 0 aromatic rings. The fraction of sp³-hybridized carbons (Fsp3) is 0.833. The van der Waals surface area contributed by atoms with Crippen molar-refractivity contribution >= 4 is 19.2 Å². The van der Waals surface area contributed by atoms with Gasteiger partial charge in [-0.2, -0.15) is 0 Å². The molecule has 2 aliphatic rings. The largest absolute Gasteiger partial charge is 1.00 e. The molecular formula is C12H20N2NaO4P. The molecule has 2 saturated heterocycles. The summed E-state index contributed by atoms with van der Waals surface area (Å²) < 4.78 is 12.0.